The Bertz CT molecular complexity index is 871. The van der Waals surface area contributed by atoms with Crippen LogP contribution in [0.3, 0.4) is 0 Å². The lowest BCUT2D eigenvalue weighted by atomic mass is 10.1. The molecule has 1 amide bonds. The molecule has 0 aliphatic heterocycles. The zero-order valence-corrected chi connectivity index (χ0v) is 13.3. The molecule has 1 N–H and O–H groups in total. The van der Waals surface area contributed by atoms with Crippen LogP contribution >= 0.6 is 0 Å². The molecule has 0 saturated carbocycles. The van der Waals surface area contributed by atoms with Gasteiger partial charge < -0.3 is 15.4 Å². The molecule has 0 saturated heterocycles. The number of aromatic nitrogens is 2. The van der Waals surface area contributed by atoms with Gasteiger partial charge in [-0.3, -0.25) is 25.0 Å². The second kappa shape index (κ2) is 7.33. The number of nitrogens with zero attached hydrogens (tertiary/aromatic N) is 5. The predicted molar refractivity (Wildman–Crippen MR) is 86.6 cm³/mol. The predicted octanol–water partition coefficient (Wildman–Crippen LogP) is 1.94. The van der Waals surface area contributed by atoms with Crippen molar-refractivity contribution in [3.63, 3.8) is 0 Å². The molecule has 13 nitrogen and oxygen atoms in total. The molecule has 1 aromatic heterocycles. The number of nitro groups is 3. The lowest BCUT2D eigenvalue weighted by molar-refractivity contribution is -0.395. The molecule has 136 valence electrons. The number of carbonyl (C=O) groups is 1. The lowest BCUT2D eigenvalue weighted by Crippen LogP contribution is -2.15. The Kier molecular flexibility index (Phi) is 5.20. The highest BCUT2D eigenvalue weighted by molar-refractivity contribution is 5.91. The number of amides is 1. The highest BCUT2D eigenvalue weighted by Crippen LogP contribution is 2.31. The number of anilines is 1. The van der Waals surface area contributed by atoms with Crippen molar-refractivity contribution in [2.75, 3.05) is 5.32 Å². The Morgan fingerprint density at radius 3 is 2.15 bits per heavy atom. The SMILES string of the molecule is Cc1c([N+](=O)[O-])cc(NC(=O)CCn2ccc([N+](=O)[O-])n2)cc1[N+](=O)[O-]. The third-order valence-electron chi connectivity index (χ3n) is 3.41. The Morgan fingerprint density at radius 1 is 1.12 bits per heavy atom. The van der Waals surface area contributed by atoms with Crippen molar-refractivity contribution >= 4 is 28.8 Å². The number of carbonyl (C=O) groups excluding carboxylic acids is 1. The number of hydrogen-bond acceptors (Lipinski definition) is 8. The van der Waals surface area contributed by atoms with E-state index in [-0.39, 0.29) is 30.0 Å². The first-order valence-electron chi connectivity index (χ1n) is 7.10. The van der Waals surface area contributed by atoms with Crippen molar-refractivity contribution in [2.45, 2.75) is 19.9 Å². The first-order chi connectivity index (χ1) is 12.2. The molecular weight excluding hydrogens is 352 g/mol. The van der Waals surface area contributed by atoms with Crippen LogP contribution in [0, 0.1) is 37.3 Å². The molecule has 0 radical (unpaired) electrons. The second-order valence-corrected chi connectivity index (χ2v) is 5.15. The van der Waals surface area contributed by atoms with E-state index in [0.717, 1.165) is 12.1 Å². The smallest absolute Gasteiger partial charge is 0.358 e. The standard InChI is InChI=1S/C13H12N6O7/c1-8-10(17(21)22)6-9(7-11(8)18(23)24)14-13(20)3-5-16-4-2-12(15-16)19(25)26/h2,4,6-7H,3,5H2,1H3,(H,14,20). The van der Waals surface area contributed by atoms with Gasteiger partial charge in [0.2, 0.25) is 5.91 Å². The van der Waals surface area contributed by atoms with Gasteiger partial charge in [0, 0.05) is 18.6 Å². The maximum Gasteiger partial charge on any atom is 0.389 e. The topological polar surface area (TPSA) is 176 Å². The van der Waals surface area contributed by atoms with Gasteiger partial charge in [-0.2, -0.15) is 4.68 Å². The van der Waals surface area contributed by atoms with E-state index in [0.29, 0.717) is 0 Å². The van der Waals surface area contributed by atoms with Crippen molar-refractivity contribution in [1.29, 1.82) is 0 Å². The molecular formula is C13H12N6O7. The van der Waals surface area contributed by atoms with E-state index in [9.17, 15) is 35.1 Å². The van der Waals surface area contributed by atoms with Crippen LogP contribution in [-0.2, 0) is 11.3 Å². The summed E-state index contributed by atoms with van der Waals surface area (Å²) in [4.78, 5) is 42.3. The van der Waals surface area contributed by atoms with Crippen LogP contribution in [0.15, 0.2) is 24.4 Å². The molecule has 2 aromatic rings. The summed E-state index contributed by atoms with van der Waals surface area (Å²) in [5.41, 5.74) is -1.19. The quantitative estimate of drug-likeness (QED) is 0.572. The fourth-order valence-corrected chi connectivity index (χ4v) is 2.15. The third-order valence-corrected chi connectivity index (χ3v) is 3.41. The number of hydrogen-bond donors (Lipinski definition) is 1. The summed E-state index contributed by atoms with van der Waals surface area (Å²) in [6.45, 7) is 1.27. The average Bonchev–Trinajstić information content (AvgIpc) is 3.03. The van der Waals surface area contributed by atoms with Crippen molar-refractivity contribution in [1.82, 2.24) is 9.78 Å². The van der Waals surface area contributed by atoms with Crippen LogP contribution < -0.4 is 5.32 Å². The number of rotatable bonds is 7. The summed E-state index contributed by atoms with van der Waals surface area (Å²) < 4.78 is 1.19. The van der Waals surface area contributed by atoms with Gasteiger partial charge in [-0.05, 0) is 11.8 Å². The fraction of sp³-hybridized carbons (Fsp3) is 0.231. The fourth-order valence-electron chi connectivity index (χ4n) is 2.15. The molecule has 2 rings (SSSR count). The monoisotopic (exact) mass is 364 g/mol. The number of nitro benzene ring substituents is 2. The zero-order valence-electron chi connectivity index (χ0n) is 13.3. The minimum Gasteiger partial charge on any atom is -0.358 e. The van der Waals surface area contributed by atoms with E-state index in [1.807, 2.05) is 0 Å². The summed E-state index contributed by atoms with van der Waals surface area (Å²) >= 11 is 0. The van der Waals surface area contributed by atoms with E-state index in [1.165, 1.54) is 23.9 Å². The zero-order chi connectivity index (χ0) is 19.4. The molecule has 0 aliphatic carbocycles. The van der Waals surface area contributed by atoms with E-state index < -0.39 is 32.1 Å². The molecule has 0 unspecified atom stereocenters. The summed E-state index contributed by atoms with van der Waals surface area (Å²) in [7, 11) is 0. The Morgan fingerprint density at radius 2 is 1.69 bits per heavy atom. The lowest BCUT2D eigenvalue weighted by Gasteiger charge is -2.06. The molecule has 0 aliphatic rings. The molecule has 0 atom stereocenters. The van der Waals surface area contributed by atoms with Crippen LogP contribution in [-0.4, -0.2) is 30.5 Å². The van der Waals surface area contributed by atoms with Gasteiger partial charge >= 0.3 is 5.82 Å². The molecule has 1 heterocycles. The summed E-state index contributed by atoms with van der Waals surface area (Å²) in [5.74, 6) is -0.953. The summed E-state index contributed by atoms with van der Waals surface area (Å²) in [6.07, 6.45) is 1.18. The number of aryl methyl sites for hydroxylation is 1. The van der Waals surface area contributed by atoms with Crippen LogP contribution in [0.25, 0.3) is 0 Å². The third kappa shape index (κ3) is 4.14. The van der Waals surface area contributed by atoms with Crippen molar-refractivity contribution in [3.8, 4) is 0 Å². The maximum absolute atomic E-state index is 11.9. The van der Waals surface area contributed by atoms with E-state index in [2.05, 4.69) is 10.4 Å². The average molecular weight is 364 g/mol. The van der Waals surface area contributed by atoms with Gasteiger partial charge in [-0.25, -0.2) is 0 Å². The van der Waals surface area contributed by atoms with Gasteiger partial charge in [0.1, 0.15) is 5.56 Å². The van der Waals surface area contributed by atoms with Crippen molar-refractivity contribution < 1.29 is 19.6 Å². The summed E-state index contributed by atoms with van der Waals surface area (Å²) in [5, 5.41) is 38.5. The van der Waals surface area contributed by atoms with E-state index >= 15 is 0 Å². The van der Waals surface area contributed by atoms with Crippen molar-refractivity contribution in [3.05, 3.63) is 60.3 Å². The van der Waals surface area contributed by atoms with E-state index in [4.69, 9.17) is 0 Å². The Hall–Kier alpha value is -3.90. The van der Waals surface area contributed by atoms with Gasteiger partial charge in [-0.1, -0.05) is 0 Å². The molecule has 0 fully saturated rings. The molecule has 13 heteroatoms. The second-order valence-electron chi connectivity index (χ2n) is 5.15. The van der Waals surface area contributed by atoms with Crippen molar-refractivity contribution in [2.24, 2.45) is 0 Å². The molecule has 26 heavy (non-hydrogen) atoms. The maximum atomic E-state index is 11.9. The van der Waals surface area contributed by atoms with Gasteiger partial charge in [0.25, 0.3) is 11.4 Å². The minimum atomic E-state index is -0.777. The number of benzene rings is 1. The van der Waals surface area contributed by atoms with Gasteiger partial charge in [0.15, 0.2) is 0 Å². The summed E-state index contributed by atoms with van der Waals surface area (Å²) in [6, 6.07) is 3.22. The highest BCUT2D eigenvalue weighted by atomic mass is 16.6. The largest absolute Gasteiger partial charge is 0.389 e. The normalized spacial score (nSPS) is 10.3. The first-order valence-corrected chi connectivity index (χ1v) is 7.10. The molecule has 0 spiro atoms. The van der Waals surface area contributed by atoms with Crippen LogP contribution in [0.1, 0.15) is 12.0 Å². The highest BCUT2D eigenvalue weighted by Gasteiger charge is 2.23. The van der Waals surface area contributed by atoms with E-state index in [1.54, 1.807) is 0 Å². The van der Waals surface area contributed by atoms with Crippen LogP contribution in [0.5, 0.6) is 0 Å². The molecule has 1 aromatic carbocycles. The minimum absolute atomic E-state index is 0.0235. The molecule has 0 bridgehead atoms. The van der Waals surface area contributed by atoms with Gasteiger partial charge in [-0.15, -0.1) is 0 Å². The Balaban J connectivity index is 2.11. The number of nitrogens with one attached hydrogen (secondary N) is 1. The first kappa shape index (κ1) is 18.4. The van der Waals surface area contributed by atoms with Gasteiger partial charge in [0.05, 0.1) is 39.4 Å². The van der Waals surface area contributed by atoms with Crippen LogP contribution in [0.4, 0.5) is 22.9 Å². The Labute approximate surface area is 144 Å². The van der Waals surface area contributed by atoms with Crippen LogP contribution in [0.2, 0.25) is 0 Å².